The molecule has 0 amide bonds. The lowest BCUT2D eigenvalue weighted by atomic mass is 10.3. The van der Waals surface area contributed by atoms with E-state index >= 15 is 0 Å². The first-order chi connectivity index (χ1) is 10.9. The first-order valence-corrected chi connectivity index (χ1v) is 7.18. The molecule has 1 aliphatic rings. The molecule has 0 saturated heterocycles. The van der Waals surface area contributed by atoms with Gasteiger partial charge in [0.25, 0.3) is 0 Å². The van der Waals surface area contributed by atoms with Gasteiger partial charge in [-0.25, -0.2) is 15.0 Å². The SMILES string of the molecule is c1ccc(Nc2nccc(-c3cnc4n3CCOC4)n2)cc1. The molecule has 0 saturated carbocycles. The highest BCUT2D eigenvalue weighted by molar-refractivity contribution is 5.59. The van der Waals surface area contributed by atoms with Crippen molar-refractivity contribution >= 4 is 11.6 Å². The van der Waals surface area contributed by atoms with Crippen LogP contribution in [0, 0.1) is 0 Å². The minimum atomic E-state index is 0.556. The molecule has 4 rings (SSSR count). The number of imidazole rings is 1. The molecule has 3 heterocycles. The van der Waals surface area contributed by atoms with E-state index < -0.39 is 0 Å². The largest absolute Gasteiger partial charge is 0.372 e. The van der Waals surface area contributed by atoms with Gasteiger partial charge in [0, 0.05) is 18.4 Å². The van der Waals surface area contributed by atoms with E-state index in [1.54, 1.807) is 6.20 Å². The van der Waals surface area contributed by atoms with Crippen LogP contribution in [0.3, 0.4) is 0 Å². The fourth-order valence-electron chi connectivity index (χ4n) is 2.51. The van der Waals surface area contributed by atoms with Gasteiger partial charge in [0.15, 0.2) is 0 Å². The smallest absolute Gasteiger partial charge is 0.227 e. The van der Waals surface area contributed by atoms with Gasteiger partial charge in [0.2, 0.25) is 5.95 Å². The lowest BCUT2D eigenvalue weighted by Crippen LogP contribution is -2.17. The number of hydrogen-bond donors (Lipinski definition) is 1. The van der Waals surface area contributed by atoms with Gasteiger partial charge in [0.05, 0.1) is 24.2 Å². The maximum Gasteiger partial charge on any atom is 0.227 e. The molecule has 22 heavy (non-hydrogen) atoms. The van der Waals surface area contributed by atoms with Crippen LogP contribution in [0.25, 0.3) is 11.4 Å². The van der Waals surface area contributed by atoms with Gasteiger partial charge in [0.1, 0.15) is 12.4 Å². The van der Waals surface area contributed by atoms with E-state index in [0.717, 1.165) is 29.4 Å². The van der Waals surface area contributed by atoms with Crippen molar-refractivity contribution in [3.05, 3.63) is 54.6 Å². The average molecular weight is 293 g/mol. The van der Waals surface area contributed by atoms with Crippen molar-refractivity contribution in [2.24, 2.45) is 0 Å². The number of nitrogens with one attached hydrogen (secondary N) is 1. The number of nitrogens with zero attached hydrogens (tertiary/aromatic N) is 4. The van der Waals surface area contributed by atoms with E-state index in [9.17, 15) is 0 Å². The van der Waals surface area contributed by atoms with Crippen LogP contribution in [0.2, 0.25) is 0 Å². The normalized spacial score (nSPS) is 13.6. The van der Waals surface area contributed by atoms with E-state index in [1.807, 2.05) is 42.6 Å². The van der Waals surface area contributed by atoms with Gasteiger partial charge in [-0.1, -0.05) is 18.2 Å². The fourth-order valence-corrected chi connectivity index (χ4v) is 2.51. The molecule has 6 heteroatoms. The fraction of sp³-hybridized carbons (Fsp3) is 0.188. The monoisotopic (exact) mass is 293 g/mol. The topological polar surface area (TPSA) is 64.9 Å². The van der Waals surface area contributed by atoms with Crippen LogP contribution in [0.15, 0.2) is 48.8 Å². The zero-order valence-corrected chi connectivity index (χ0v) is 11.9. The summed E-state index contributed by atoms with van der Waals surface area (Å²) in [5.74, 6) is 1.52. The average Bonchev–Trinajstić information content (AvgIpc) is 3.00. The molecule has 3 aromatic rings. The highest BCUT2D eigenvalue weighted by Crippen LogP contribution is 2.22. The molecular weight excluding hydrogens is 278 g/mol. The number of anilines is 2. The predicted molar refractivity (Wildman–Crippen MR) is 82.6 cm³/mol. The third-order valence-corrected chi connectivity index (χ3v) is 3.58. The lowest BCUT2D eigenvalue weighted by molar-refractivity contribution is 0.0821. The zero-order valence-electron chi connectivity index (χ0n) is 11.9. The second-order valence-corrected chi connectivity index (χ2v) is 5.02. The van der Waals surface area contributed by atoms with Gasteiger partial charge in [-0.15, -0.1) is 0 Å². The number of aromatic nitrogens is 4. The molecule has 1 N–H and O–H groups in total. The van der Waals surface area contributed by atoms with Crippen molar-refractivity contribution in [3.8, 4) is 11.4 Å². The van der Waals surface area contributed by atoms with Gasteiger partial charge < -0.3 is 14.6 Å². The highest BCUT2D eigenvalue weighted by atomic mass is 16.5. The second kappa shape index (κ2) is 5.57. The van der Waals surface area contributed by atoms with Crippen LogP contribution in [0.4, 0.5) is 11.6 Å². The first-order valence-electron chi connectivity index (χ1n) is 7.18. The van der Waals surface area contributed by atoms with Crippen molar-refractivity contribution < 1.29 is 4.74 Å². The zero-order chi connectivity index (χ0) is 14.8. The van der Waals surface area contributed by atoms with Crippen LogP contribution in [-0.2, 0) is 17.9 Å². The van der Waals surface area contributed by atoms with Crippen molar-refractivity contribution in [1.29, 1.82) is 0 Å². The van der Waals surface area contributed by atoms with Crippen molar-refractivity contribution in [3.63, 3.8) is 0 Å². The van der Waals surface area contributed by atoms with Gasteiger partial charge in [-0.3, -0.25) is 0 Å². The van der Waals surface area contributed by atoms with E-state index in [1.165, 1.54) is 0 Å². The Labute approximate surface area is 127 Å². The molecule has 0 radical (unpaired) electrons. The number of benzene rings is 1. The minimum Gasteiger partial charge on any atom is -0.372 e. The number of fused-ring (bicyclic) bond motifs is 1. The third-order valence-electron chi connectivity index (χ3n) is 3.58. The Bertz CT molecular complexity index is 784. The number of para-hydroxylation sites is 1. The quantitative estimate of drug-likeness (QED) is 0.804. The van der Waals surface area contributed by atoms with E-state index in [4.69, 9.17) is 4.74 Å². The molecule has 1 aliphatic heterocycles. The van der Waals surface area contributed by atoms with Crippen molar-refractivity contribution in [2.75, 3.05) is 11.9 Å². The molecule has 1 aromatic carbocycles. The Balaban J connectivity index is 1.66. The summed E-state index contributed by atoms with van der Waals surface area (Å²) in [6.07, 6.45) is 3.60. The number of ether oxygens (including phenoxy) is 1. The van der Waals surface area contributed by atoms with Crippen LogP contribution in [-0.4, -0.2) is 26.1 Å². The maximum absolute atomic E-state index is 5.42. The number of hydrogen-bond acceptors (Lipinski definition) is 5. The van der Waals surface area contributed by atoms with Crippen LogP contribution in [0.1, 0.15) is 5.82 Å². The summed E-state index contributed by atoms with van der Waals surface area (Å²) < 4.78 is 7.57. The molecule has 0 spiro atoms. The molecule has 110 valence electrons. The third kappa shape index (κ3) is 2.44. The molecule has 0 aliphatic carbocycles. The Morgan fingerprint density at radius 1 is 1.09 bits per heavy atom. The summed E-state index contributed by atoms with van der Waals surface area (Å²) >= 11 is 0. The summed E-state index contributed by atoms with van der Waals surface area (Å²) in [6.45, 7) is 2.06. The van der Waals surface area contributed by atoms with Gasteiger partial charge >= 0.3 is 0 Å². The molecule has 0 bridgehead atoms. The summed E-state index contributed by atoms with van der Waals surface area (Å²) in [7, 11) is 0. The molecule has 0 unspecified atom stereocenters. The van der Waals surface area contributed by atoms with Gasteiger partial charge in [-0.2, -0.15) is 0 Å². The Morgan fingerprint density at radius 3 is 2.91 bits per heavy atom. The van der Waals surface area contributed by atoms with Gasteiger partial charge in [-0.05, 0) is 18.2 Å². The first kappa shape index (κ1) is 13.0. The summed E-state index contributed by atoms with van der Waals surface area (Å²) in [5.41, 5.74) is 2.81. The van der Waals surface area contributed by atoms with Crippen molar-refractivity contribution in [1.82, 2.24) is 19.5 Å². The van der Waals surface area contributed by atoms with Crippen LogP contribution < -0.4 is 5.32 Å². The minimum absolute atomic E-state index is 0.556. The number of rotatable bonds is 3. The summed E-state index contributed by atoms with van der Waals surface area (Å²) in [5, 5.41) is 3.21. The van der Waals surface area contributed by atoms with E-state index in [0.29, 0.717) is 19.2 Å². The molecule has 0 atom stereocenters. The maximum atomic E-state index is 5.42. The summed E-state index contributed by atoms with van der Waals surface area (Å²) in [6, 6.07) is 11.8. The summed E-state index contributed by atoms with van der Waals surface area (Å²) in [4.78, 5) is 13.3. The standard InChI is InChI=1S/C16H15N5O/c1-2-4-12(5-3-1)19-16-17-7-6-13(20-16)14-10-18-15-11-22-9-8-21(14)15/h1-7,10H,8-9,11H2,(H,17,19,20). The van der Waals surface area contributed by atoms with Crippen LogP contribution in [0.5, 0.6) is 0 Å². The molecular formula is C16H15N5O. The molecule has 0 fully saturated rings. The predicted octanol–water partition coefficient (Wildman–Crippen LogP) is 2.61. The van der Waals surface area contributed by atoms with E-state index in [-0.39, 0.29) is 0 Å². The molecule has 2 aromatic heterocycles. The van der Waals surface area contributed by atoms with Crippen LogP contribution >= 0.6 is 0 Å². The van der Waals surface area contributed by atoms with Crippen molar-refractivity contribution in [2.45, 2.75) is 13.2 Å². The molecule has 6 nitrogen and oxygen atoms in total. The second-order valence-electron chi connectivity index (χ2n) is 5.02. The Hall–Kier alpha value is -2.73. The highest BCUT2D eigenvalue weighted by Gasteiger charge is 2.16. The Morgan fingerprint density at radius 2 is 2.00 bits per heavy atom. The Kier molecular flexibility index (Phi) is 3.29. The lowest BCUT2D eigenvalue weighted by Gasteiger charge is -2.16. The van der Waals surface area contributed by atoms with E-state index in [2.05, 4.69) is 24.8 Å².